The molecule has 1 nitrogen and oxygen atoms in total. The maximum Gasteiger partial charge on any atom is 0.194 e. The van der Waals surface area contributed by atoms with E-state index >= 15 is 0 Å². The molecule has 0 N–H and O–H groups in total. The molecule has 0 amide bonds. The average Bonchev–Trinajstić information content (AvgIpc) is 2.48. The highest BCUT2D eigenvalue weighted by Crippen LogP contribution is 2.36. The molecule has 0 radical (unpaired) electrons. The van der Waals surface area contributed by atoms with Crippen molar-refractivity contribution in [1.82, 2.24) is 0 Å². The summed E-state index contributed by atoms with van der Waals surface area (Å²) >= 11 is 0. The Kier molecular flexibility index (Phi) is 1.61. The van der Waals surface area contributed by atoms with Crippen LogP contribution >= 0.6 is 0 Å². The van der Waals surface area contributed by atoms with Crippen LogP contribution in [0.1, 0.15) is 15.9 Å². The van der Waals surface area contributed by atoms with Crippen LogP contribution in [0, 0.1) is 0 Å². The summed E-state index contributed by atoms with van der Waals surface area (Å²) in [6, 6.07) is 7.72. The Labute approximate surface area is 87.7 Å². The molecule has 0 unspecified atom stereocenters. The Morgan fingerprint density at radius 1 is 0.867 bits per heavy atom. The van der Waals surface area contributed by atoms with Crippen LogP contribution in [0.3, 0.4) is 0 Å². The lowest BCUT2D eigenvalue weighted by Gasteiger charge is -1.97. The van der Waals surface area contributed by atoms with Crippen molar-refractivity contribution in [3.63, 3.8) is 0 Å². The SMILES string of the molecule is O=C1C2=CC=C=CC=C2c2ccccc21. The van der Waals surface area contributed by atoms with Gasteiger partial charge in [-0.05, 0) is 35.4 Å². The van der Waals surface area contributed by atoms with Gasteiger partial charge in [-0.2, -0.15) is 0 Å². The Morgan fingerprint density at radius 3 is 2.33 bits per heavy atom. The third-order valence-corrected chi connectivity index (χ3v) is 2.69. The van der Waals surface area contributed by atoms with Gasteiger partial charge in [0.2, 0.25) is 0 Å². The van der Waals surface area contributed by atoms with Gasteiger partial charge in [-0.25, -0.2) is 0 Å². The number of carbonyl (C=O) groups excluding carboxylic acids is 1. The van der Waals surface area contributed by atoms with Crippen LogP contribution in [0.5, 0.6) is 0 Å². The second-order valence-electron chi connectivity index (χ2n) is 3.54. The van der Waals surface area contributed by atoms with E-state index in [1.54, 1.807) is 6.08 Å². The number of hydrogen-bond acceptors (Lipinski definition) is 1. The van der Waals surface area contributed by atoms with E-state index in [2.05, 4.69) is 5.73 Å². The second-order valence-corrected chi connectivity index (χ2v) is 3.54. The van der Waals surface area contributed by atoms with E-state index in [0.717, 1.165) is 22.3 Å². The van der Waals surface area contributed by atoms with Gasteiger partial charge in [0.15, 0.2) is 5.78 Å². The summed E-state index contributed by atoms with van der Waals surface area (Å²) in [5.41, 5.74) is 6.59. The van der Waals surface area contributed by atoms with Gasteiger partial charge in [0.1, 0.15) is 0 Å². The number of fused-ring (bicyclic) bond motifs is 3. The van der Waals surface area contributed by atoms with Crippen molar-refractivity contribution in [2.24, 2.45) is 0 Å². The molecular weight excluding hydrogens is 184 g/mol. The predicted octanol–water partition coefficient (Wildman–Crippen LogP) is 2.92. The molecule has 0 spiro atoms. The van der Waals surface area contributed by atoms with E-state index in [0.29, 0.717) is 0 Å². The zero-order chi connectivity index (χ0) is 10.3. The molecule has 0 saturated heterocycles. The molecule has 15 heavy (non-hydrogen) atoms. The number of hydrogen-bond donors (Lipinski definition) is 0. The molecule has 0 aliphatic heterocycles. The van der Waals surface area contributed by atoms with Gasteiger partial charge in [-0.3, -0.25) is 4.79 Å². The number of ketones is 1. The molecule has 0 fully saturated rings. The van der Waals surface area contributed by atoms with Crippen molar-refractivity contribution in [2.45, 2.75) is 0 Å². The maximum absolute atomic E-state index is 12.0. The largest absolute Gasteiger partial charge is 0.289 e. The predicted molar refractivity (Wildman–Crippen MR) is 59.5 cm³/mol. The first-order valence-electron chi connectivity index (χ1n) is 4.85. The molecule has 1 aromatic rings. The lowest BCUT2D eigenvalue weighted by atomic mass is 10.1. The second kappa shape index (κ2) is 2.94. The number of rotatable bonds is 0. The van der Waals surface area contributed by atoms with Gasteiger partial charge in [-0.15, -0.1) is 5.73 Å². The standard InChI is InChI=1S/C14H8O/c15-14-12-8-3-1-2-6-10(12)11-7-4-5-9-13(11)14/h2-9H. The first-order valence-corrected chi connectivity index (χ1v) is 4.85. The minimum atomic E-state index is 0.116. The molecule has 2 aliphatic rings. The van der Waals surface area contributed by atoms with Crippen molar-refractivity contribution >= 4 is 11.4 Å². The van der Waals surface area contributed by atoms with Gasteiger partial charge in [-0.1, -0.05) is 24.3 Å². The smallest absolute Gasteiger partial charge is 0.194 e. The van der Waals surface area contributed by atoms with Crippen LogP contribution in [0.25, 0.3) is 5.57 Å². The fourth-order valence-corrected chi connectivity index (χ4v) is 1.99. The monoisotopic (exact) mass is 192 g/mol. The number of carbonyl (C=O) groups is 1. The molecule has 70 valence electrons. The normalized spacial score (nSPS) is 16.7. The highest BCUT2D eigenvalue weighted by molar-refractivity contribution is 6.27. The van der Waals surface area contributed by atoms with E-state index in [1.165, 1.54) is 0 Å². The van der Waals surface area contributed by atoms with Crippen molar-refractivity contribution < 1.29 is 4.79 Å². The van der Waals surface area contributed by atoms with Gasteiger partial charge in [0, 0.05) is 11.1 Å². The van der Waals surface area contributed by atoms with Gasteiger partial charge in [0.05, 0.1) is 0 Å². The van der Waals surface area contributed by atoms with E-state index in [9.17, 15) is 4.79 Å². The molecular formula is C14H8O. The molecule has 2 aliphatic carbocycles. The maximum atomic E-state index is 12.0. The minimum Gasteiger partial charge on any atom is -0.289 e. The Hall–Kier alpha value is -2.11. The highest BCUT2D eigenvalue weighted by atomic mass is 16.1. The minimum absolute atomic E-state index is 0.116. The summed E-state index contributed by atoms with van der Waals surface area (Å²) in [5, 5.41) is 0. The summed E-state index contributed by atoms with van der Waals surface area (Å²) in [4.78, 5) is 12.0. The topological polar surface area (TPSA) is 17.1 Å². The summed E-state index contributed by atoms with van der Waals surface area (Å²) in [6.45, 7) is 0. The van der Waals surface area contributed by atoms with Crippen LogP contribution in [-0.2, 0) is 0 Å². The van der Waals surface area contributed by atoms with Gasteiger partial charge < -0.3 is 0 Å². The average molecular weight is 192 g/mol. The Balaban J connectivity index is 2.34. The molecule has 0 atom stereocenters. The first kappa shape index (κ1) is 8.22. The molecule has 0 bridgehead atoms. The molecule has 3 rings (SSSR count). The quantitative estimate of drug-likeness (QED) is 0.577. The van der Waals surface area contributed by atoms with E-state index in [4.69, 9.17) is 0 Å². The van der Waals surface area contributed by atoms with Crippen molar-refractivity contribution in [3.05, 3.63) is 71.0 Å². The fraction of sp³-hybridized carbons (Fsp3) is 0. The Bertz CT molecular complexity index is 579. The van der Waals surface area contributed by atoms with E-state index in [-0.39, 0.29) is 5.78 Å². The zero-order valence-corrected chi connectivity index (χ0v) is 8.03. The third-order valence-electron chi connectivity index (χ3n) is 2.69. The van der Waals surface area contributed by atoms with Crippen molar-refractivity contribution in [2.75, 3.05) is 0 Å². The molecule has 1 heteroatoms. The van der Waals surface area contributed by atoms with Crippen LogP contribution < -0.4 is 0 Å². The van der Waals surface area contributed by atoms with Crippen LogP contribution in [0.15, 0.2) is 59.9 Å². The third kappa shape index (κ3) is 1.08. The van der Waals surface area contributed by atoms with E-state index < -0.39 is 0 Å². The number of allylic oxidation sites excluding steroid dienone is 5. The molecule has 0 aromatic heterocycles. The number of Topliss-reactive ketones (excluding diaryl/α,β-unsaturated/α-hetero) is 1. The van der Waals surface area contributed by atoms with Crippen LogP contribution in [0.4, 0.5) is 0 Å². The summed E-state index contributed by atoms with van der Waals surface area (Å²) in [7, 11) is 0. The summed E-state index contributed by atoms with van der Waals surface area (Å²) < 4.78 is 0. The van der Waals surface area contributed by atoms with Crippen molar-refractivity contribution in [1.29, 1.82) is 0 Å². The van der Waals surface area contributed by atoms with E-state index in [1.807, 2.05) is 42.5 Å². The Morgan fingerprint density at radius 2 is 1.53 bits per heavy atom. The fourth-order valence-electron chi connectivity index (χ4n) is 1.99. The highest BCUT2D eigenvalue weighted by Gasteiger charge is 2.28. The lowest BCUT2D eigenvalue weighted by molar-refractivity contribution is 0.104. The lowest BCUT2D eigenvalue weighted by Crippen LogP contribution is -1.93. The number of benzene rings is 1. The van der Waals surface area contributed by atoms with Crippen LogP contribution in [0.2, 0.25) is 0 Å². The molecule has 1 aromatic carbocycles. The van der Waals surface area contributed by atoms with Crippen LogP contribution in [-0.4, -0.2) is 5.78 Å². The van der Waals surface area contributed by atoms with Crippen molar-refractivity contribution in [3.8, 4) is 0 Å². The zero-order valence-electron chi connectivity index (χ0n) is 8.03. The summed E-state index contributed by atoms with van der Waals surface area (Å²) in [6.07, 6.45) is 7.40. The molecule has 0 heterocycles. The van der Waals surface area contributed by atoms with Gasteiger partial charge in [0.25, 0.3) is 0 Å². The first-order chi connectivity index (χ1) is 7.38. The summed E-state index contributed by atoms with van der Waals surface area (Å²) in [5.74, 6) is 0.116. The molecule has 0 saturated carbocycles. The van der Waals surface area contributed by atoms with Gasteiger partial charge >= 0.3 is 0 Å².